The number of nitrogens with zero attached hydrogens (tertiary/aromatic N) is 2. The van der Waals surface area contributed by atoms with Gasteiger partial charge in [-0.25, -0.2) is 8.42 Å². The fourth-order valence-corrected chi connectivity index (χ4v) is 6.12. The van der Waals surface area contributed by atoms with Crippen LogP contribution in [0.3, 0.4) is 0 Å². The number of aryl methyl sites for hydroxylation is 2. The maximum Gasteiger partial charge on any atom is 0.243 e. The second-order valence-corrected chi connectivity index (χ2v) is 9.99. The van der Waals surface area contributed by atoms with Gasteiger partial charge in [-0.05, 0) is 62.3 Å². The Morgan fingerprint density at radius 2 is 1.85 bits per heavy atom. The smallest absolute Gasteiger partial charge is 0.243 e. The van der Waals surface area contributed by atoms with Crippen LogP contribution in [0.15, 0.2) is 23.1 Å². The molecular formula is C20H29N3O3S. The van der Waals surface area contributed by atoms with Gasteiger partial charge in [-0.2, -0.15) is 4.31 Å². The fourth-order valence-electron chi connectivity index (χ4n) is 4.60. The largest absolute Gasteiger partial charge is 0.337 e. The van der Waals surface area contributed by atoms with E-state index in [4.69, 9.17) is 0 Å². The van der Waals surface area contributed by atoms with Crippen LogP contribution in [0.5, 0.6) is 0 Å². The monoisotopic (exact) mass is 391 g/mol. The highest BCUT2D eigenvalue weighted by atomic mass is 32.2. The Kier molecular flexibility index (Phi) is 5.27. The van der Waals surface area contributed by atoms with E-state index in [0.29, 0.717) is 30.8 Å². The SMILES string of the molecule is C[C@@H]1CNCCN1C(=O)C1CCN(S(=O)(=O)c2ccc3c(c2)CCC3)CC1. The van der Waals surface area contributed by atoms with Crippen molar-refractivity contribution in [3.8, 4) is 0 Å². The van der Waals surface area contributed by atoms with E-state index in [1.54, 1.807) is 10.4 Å². The van der Waals surface area contributed by atoms with E-state index in [1.807, 2.05) is 17.0 Å². The Balaban J connectivity index is 1.42. The highest BCUT2D eigenvalue weighted by Gasteiger charge is 2.35. The van der Waals surface area contributed by atoms with Crippen LogP contribution in [-0.4, -0.2) is 62.3 Å². The van der Waals surface area contributed by atoms with Crippen molar-refractivity contribution >= 4 is 15.9 Å². The maximum absolute atomic E-state index is 13.0. The quantitative estimate of drug-likeness (QED) is 0.846. The summed E-state index contributed by atoms with van der Waals surface area (Å²) in [6.07, 6.45) is 4.35. The number of sulfonamides is 1. The number of carbonyl (C=O) groups excluding carboxylic acids is 1. The average molecular weight is 392 g/mol. The van der Waals surface area contributed by atoms with Crippen molar-refractivity contribution in [2.75, 3.05) is 32.7 Å². The molecule has 6 nitrogen and oxygen atoms in total. The molecule has 2 aliphatic heterocycles. The standard InChI is InChI=1S/C20H29N3O3S/c1-15-14-21-9-12-23(15)20(24)17-7-10-22(11-8-17)27(25,26)19-6-5-16-3-2-4-18(16)13-19/h5-6,13,15,17,21H,2-4,7-12,14H2,1H3/t15-/m1/s1. The molecule has 1 aromatic carbocycles. The van der Waals surface area contributed by atoms with Crippen LogP contribution in [0.2, 0.25) is 0 Å². The molecule has 0 bridgehead atoms. The summed E-state index contributed by atoms with van der Waals surface area (Å²) in [4.78, 5) is 15.2. The normalized spacial score (nSPS) is 24.8. The van der Waals surface area contributed by atoms with Crippen molar-refractivity contribution < 1.29 is 13.2 Å². The molecule has 148 valence electrons. The lowest BCUT2D eigenvalue weighted by atomic mass is 9.95. The number of amides is 1. The van der Waals surface area contributed by atoms with Gasteiger partial charge in [0.1, 0.15) is 0 Å². The predicted octanol–water partition coefficient (Wildman–Crippen LogP) is 1.40. The van der Waals surface area contributed by atoms with E-state index < -0.39 is 10.0 Å². The van der Waals surface area contributed by atoms with E-state index in [1.165, 1.54) is 11.1 Å². The van der Waals surface area contributed by atoms with Crippen molar-refractivity contribution in [2.24, 2.45) is 5.92 Å². The van der Waals surface area contributed by atoms with Crippen LogP contribution in [0, 0.1) is 5.92 Å². The third-order valence-electron chi connectivity index (χ3n) is 6.30. The molecular weight excluding hydrogens is 362 g/mol. The molecule has 0 radical (unpaired) electrons. The molecule has 2 saturated heterocycles. The van der Waals surface area contributed by atoms with Crippen molar-refractivity contribution in [3.05, 3.63) is 29.3 Å². The van der Waals surface area contributed by atoms with Gasteiger partial charge in [0.25, 0.3) is 0 Å². The lowest BCUT2D eigenvalue weighted by Crippen LogP contribution is -2.55. The minimum Gasteiger partial charge on any atom is -0.337 e. The lowest BCUT2D eigenvalue weighted by Gasteiger charge is -2.38. The zero-order valence-corrected chi connectivity index (χ0v) is 16.8. The summed E-state index contributed by atoms with van der Waals surface area (Å²) in [7, 11) is -3.47. The third kappa shape index (κ3) is 3.65. The number of piperazine rings is 1. The number of nitrogens with one attached hydrogen (secondary N) is 1. The van der Waals surface area contributed by atoms with Gasteiger partial charge in [-0.15, -0.1) is 0 Å². The molecule has 1 atom stereocenters. The summed E-state index contributed by atoms with van der Waals surface area (Å²) in [6.45, 7) is 5.33. The molecule has 1 N–H and O–H groups in total. The average Bonchev–Trinajstić information content (AvgIpc) is 3.16. The Morgan fingerprint density at radius 1 is 1.11 bits per heavy atom. The first kappa shape index (κ1) is 18.9. The predicted molar refractivity (Wildman–Crippen MR) is 104 cm³/mol. The summed E-state index contributed by atoms with van der Waals surface area (Å²) >= 11 is 0. The minimum atomic E-state index is -3.47. The first-order valence-corrected chi connectivity index (χ1v) is 11.5. The molecule has 0 saturated carbocycles. The van der Waals surface area contributed by atoms with E-state index in [0.717, 1.165) is 38.9 Å². The topological polar surface area (TPSA) is 69.7 Å². The van der Waals surface area contributed by atoms with Gasteiger partial charge in [0.2, 0.25) is 15.9 Å². The van der Waals surface area contributed by atoms with Gasteiger partial charge in [-0.3, -0.25) is 4.79 Å². The number of carbonyl (C=O) groups is 1. The molecule has 0 aromatic heterocycles. The first-order valence-electron chi connectivity index (χ1n) is 10.1. The van der Waals surface area contributed by atoms with Crippen molar-refractivity contribution in [1.29, 1.82) is 0 Å². The van der Waals surface area contributed by atoms with Gasteiger partial charge in [0.15, 0.2) is 0 Å². The number of hydrogen-bond acceptors (Lipinski definition) is 4. The summed E-state index contributed by atoms with van der Waals surface area (Å²) < 4.78 is 27.6. The van der Waals surface area contributed by atoms with Crippen LogP contribution >= 0.6 is 0 Å². The lowest BCUT2D eigenvalue weighted by molar-refractivity contribution is -0.139. The van der Waals surface area contributed by atoms with Gasteiger partial charge < -0.3 is 10.2 Å². The van der Waals surface area contributed by atoms with Gasteiger partial charge >= 0.3 is 0 Å². The minimum absolute atomic E-state index is 0.0583. The summed E-state index contributed by atoms with van der Waals surface area (Å²) in [5, 5.41) is 3.30. The van der Waals surface area contributed by atoms with Crippen molar-refractivity contribution in [1.82, 2.24) is 14.5 Å². The molecule has 2 fully saturated rings. The van der Waals surface area contributed by atoms with E-state index >= 15 is 0 Å². The second-order valence-electron chi connectivity index (χ2n) is 8.05. The van der Waals surface area contributed by atoms with Crippen LogP contribution in [0.25, 0.3) is 0 Å². The van der Waals surface area contributed by atoms with Crippen LogP contribution < -0.4 is 5.32 Å². The number of hydrogen-bond donors (Lipinski definition) is 1. The Hall–Kier alpha value is -1.44. The van der Waals surface area contributed by atoms with E-state index in [2.05, 4.69) is 12.2 Å². The zero-order chi connectivity index (χ0) is 19.0. The summed E-state index contributed by atoms with van der Waals surface area (Å²) in [5.74, 6) is 0.135. The number of rotatable bonds is 3. The molecule has 1 aromatic rings. The third-order valence-corrected chi connectivity index (χ3v) is 8.19. The number of benzene rings is 1. The van der Waals surface area contributed by atoms with Crippen LogP contribution in [0.4, 0.5) is 0 Å². The fraction of sp³-hybridized carbons (Fsp3) is 0.650. The Morgan fingerprint density at radius 3 is 2.59 bits per heavy atom. The highest BCUT2D eigenvalue weighted by Crippen LogP contribution is 2.29. The van der Waals surface area contributed by atoms with Crippen molar-refractivity contribution in [3.63, 3.8) is 0 Å². The van der Waals surface area contributed by atoms with Crippen LogP contribution in [0.1, 0.15) is 37.3 Å². The van der Waals surface area contributed by atoms with Crippen molar-refractivity contribution in [2.45, 2.75) is 50.0 Å². The molecule has 1 aliphatic carbocycles. The molecule has 1 amide bonds. The molecule has 0 unspecified atom stereocenters. The Bertz CT molecular complexity index is 816. The second kappa shape index (κ2) is 7.53. The molecule has 0 spiro atoms. The number of fused-ring (bicyclic) bond motifs is 1. The Labute approximate surface area is 162 Å². The van der Waals surface area contributed by atoms with Gasteiger partial charge in [-0.1, -0.05) is 6.07 Å². The van der Waals surface area contributed by atoms with E-state index in [-0.39, 0.29) is 17.9 Å². The molecule has 27 heavy (non-hydrogen) atoms. The molecule has 7 heteroatoms. The molecule has 2 heterocycles. The maximum atomic E-state index is 13.0. The first-order chi connectivity index (χ1) is 13.0. The van der Waals surface area contributed by atoms with Gasteiger partial charge in [0, 0.05) is 44.7 Å². The summed E-state index contributed by atoms with van der Waals surface area (Å²) in [5.41, 5.74) is 2.46. The van der Waals surface area contributed by atoms with Crippen LogP contribution in [-0.2, 0) is 27.7 Å². The number of piperidine rings is 1. The molecule has 4 rings (SSSR count). The molecule has 3 aliphatic rings. The highest BCUT2D eigenvalue weighted by molar-refractivity contribution is 7.89. The van der Waals surface area contributed by atoms with Gasteiger partial charge in [0.05, 0.1) is 4.90 Å². The zero-order valence-electron chi connectivity index (χ0n) is 16.0. The summed E-state index contributed by atoms with van der Waals surface area (Å²) in [6, 6.07) is 5.78. The van der Waals surface area contributed by atoms with E-state index in [9.17, 15) is 13.2 Å².